The van der Waals surface area contributed by atoms with E-state index in [1.807, 2.05) is 53.5 Å². The Kier molecular flexibility index (Phi) is 2.80. The van der Waals surface area contributed by atoms with Crippen LogP contribution in [0.1, 0.15) is 5.56 Å². The summed E-state index contributed by atoms with van der Waals surface area (Å²) in [7, 11) is 0. The molecule has 1 heterocycles. The maximum Gasteiger partial charge on any atom is 0.0647 e. The lowest BCUT2D eigenvalue weighted by Crippen LogP contribution is -1.94. The van der Waals surface area contributed by atoms with Gasteiger partial charge in [-0.2, -0.15) is 5.10 Å². The summed E-state index contributed by atoms with van der Waals surface area (Å²) < 4.78 is 1.86. The molecule has 3 aromatic rings. The van der Waals surface area contributed by atoms with Crippen LogP contribution in [-0.4, -0.2) is 9.78 Å². The first-order valence-electron chi connectivity index (χ1n) is 6.20. The molecule has 0 amide bonds. The number of aryl methyl sites for hydroxylation is 1. The van der Waals surface area contributed by atoms with Crippen LogP contribution >= 0.6 is 0 Å². The second-order valence-electron chi connectivity index (χ2n) is 4.58. The summed E-state index contributed by atoms with van der Waals surface area (Å²) in [4.78, 5) is 0. The lowest BCUT2D eigenvalue weighted by Gasteiger charge is -2.02. The van der Waals surface area contributed by atoms with E-state index < -0.39 is 0 Å². The van der Waals surface area contributed by atoms with E-state index in [1.54, 1.807) is 0 Å². The molecule has 0 unspecified atom stereocenters. The Morgan fingerprint density at radius 2 is 1.74 bits per heavy atom. The second-order valence-corrected chi connectivity index (χ2v) is 4.58. The number of anilines is 1. The van der Waals surface area contributed by atoms with Gasteiger partial charge in [-0.3, -0.25) is 0 Å². The van der Waals surface area contributed by atoms with Crippen molar-refractivity contribution in [1.82, 2.24) is 9.78 Å². The molecule has 3 nitrogen and oxygen atoms in total. The van der Waals surface area contributed by atoms with Crippen molar-refractivity contribution in [3.63, 3.8) is 0 Å². The van der Waals surface area contributed by atoms with Gasteiger partial charge in [0.25, 0.3) is 0 Å². The molecule has 0 aliphatic carbocycles. The molecule has 0 fully saturated rings. The highest BCUT2D eigenvalue weighted by molar-refractivity contribution is 5.66. The number of hydrogen-bond acceptors (Lipinski definition) is 2. The monoisotopic (exact) mass is 249 g/mol. The zero-order valence-electron chi connectivity index (χ0n) is 10.7. The van der Waals surface area contributed by atoms with Gasteiger partial charge in [0.1, 0.15) is 0 Å². The molecule has 2 aromatic carbocycles. The molecule has 94 valence electrons. The molecule has 0 radical (unpaired) electrons. The summed E-state index contributed by atoms with van der Waals surface area (Å²) in [5.41, 5.74) is 11.0. The number of nitrogens with two attached hydrogens (primary N) is 1. The molecule has 0 bridgehead atoms. The third kappa shape index (κ3) is 2.22. The Hall–Kier alpha value is -2.55. The third-order valence-electron chi connectivity index (χ3n) is 3.20. The van der Waals surface area contributed by atoms with E-state index in [-0.39, 0.29) is 0 Å². The van der Waals surface area contributed by atoms with Crippen LogP contribution in [0.5, 0.6) is 0 Å². The van der Waals surface area contributed by atoms with Crippen molar-refractivity contribution in [2.75, 3.05) is 5.73 Å². The van der Waals surface area contributed by atoms with Crippen LogP contribution in [0.15, 0.2) is 60.9 Å². The molecule has 3 rings (SSSR count). The third-order valence-corrected chi connectivity index (χ3v) is 3.20. The maximum absolute atomic E-state index is 5.69. The van der Waals surface area contributed by atoms with Crippen LogP contribution in [0.25, 0.3) is 16.8 Å². The van der Waals surface area contributed by atoms with E-state index in [2.05, 4.69) is 24.2 Å². The van der Waals surface area contributed by atoms with Crippen molar-refractivity contribution in [3.8, 4) is 16.8 Å². The van der Waals surface area contributed by atoms with Crippen LogP contribution in [0.4, 0.5) is 5.69 Å². The summed E-state index contributed by atoms with van der Waals surface area (Å²) in [5.74, 6) is 0. The molecule has 3 heteroatoms. The number of nitrogen functional groups attached to an aromatic ring is 1. The van der Waals surface area contributed by atoms with Crippen molar-refractivity contribution in [1.29, 1.82) is 0 Å². The molecule has 0 saturated carbocycles. The lowest BCUT2D eigenvalue weighted by molar-refractivity contribution is 0.881. The Morgan fingerprint density at radius 1 is 1.00 bits per heavy atom. The zero-order valence-corrected chi connectivity index (χ0v) is 10.7. The Bertz CT molecular complexity index is 696. The van der Waals surface area contributed by atoms with E-state index in [1.165, 1.54) is 11.1 Å². The first-order valence-corrected chi connectivity index (χ1v) is 6.20. The van der Waals surface area contributed by atoms with Crippen molar-refractivity contribution in [3.05, 3.63) is 66.5 Å². The number of hydrogen-bond donors (Lipinski definition) is 1. The minimum Gasteiger partial charge on any atom is -0.399 e. The Morgan fingerprint density at radius 3 is 2.47 bits per heavy atom. The number of benzene rings is 2. The summed E-state index contributed by atoms with van der Waals surface area (Å²) >= 11 is 0. The summed E-state index contributed by atoms with van der Waals surface area (Å²) in [5, 5.41) is 4.41. The first-order chi connectivity index (χ1) is 9.24. The topological polar surface area (TPSA) is 43.8 Å². The van der Waals surface area contributed by atoms with Gasteiger partial charge in [-0.15, -0.1) is 0 Å². The predicted molar refractivity (Wildman–Crippen MR) is 78.1 cm³/mol. The molecule has 0 saturated heterocycles. The van der Waals surface area contributed by atoms with E-state index in [0.717, 1.165) is 16.9 Å². The molecule has 2 N–H and O–H groups in total. The van der Waals surface area contributed by atoms with Crippen LogP contribution in [-0.2, 0) is 0 Å². The summed E-state index contributed by atoms with van der Waals surface area (Å²) in [6.45, 7) is 2.11. The van der Waals surface area contributed by atoms with Gasteiger partial charge < -0.3 is 5.73 Å². The van der Waals surface area contributed by atoms with E-state index in [0.29, 0.717) is 0 Å². The van der Waals surface area contributed by atoms with Crippen LogP contribution in [0.3, 0.4) is 0 Å². The van der Waals surface area contributed by atoms with Gasteiger partial charge in [0.05, 0.1) is 11.9 Å². The zero-order chi connectivity index (χ0) is 13.2. The van der Waals surface area contributed by atoms with E-state index in [4.69, 9.17) is 5.73 Å². The average molecular weight is 249 g/mol. The van der Waals surface area contributed by atoms with Crippen molar-refractivity contribution >= 4 is 5.69 Å². The molecule has 1 aromatic heterocycles. The fraction of sp³-hybridized carbons (Fsp3) is 0.0625. The normalized spacial score (nSPS) is 10.6. The van der Waals surface area contributed by atoms with Gasteiger partial charge in [0.15, 0.2) is 0 Å². The summed E-state index contributed by atoms with van der Waals surface area (Å²) in [6.07, 6.45) is 3.92. The predicted octanol–water partition coefficient (Wildman–Crippen LogP) is 3.43. The van der Waals surface area contributed by atoms with Crippen LogP contribution in [0, 0.1) is 6.92 Å². The maximum atomic E-state index is 5.69. The van der Waals surface area contributed by atoms with Crippen molar-refractivity contribution in [2.24, 2.45) is 0 Å². The SMILES string of the molecule is Cc1ccccc1-c1cnn(-c2ccc(N)cc2)c1. The van der Waals surface area contributed by atoms with Gasteiger partial charge >= 0.3 is 0 Å². The van der Waals surface area contributed by atoms with E-state index >= 15 is 0 Å². The Labute approximate surface area is 112 Å². The quantitative estimate of drug-likeness (QED) is 0.707. The van der Waals surface area contributed by atoms with Crippen LogP contribution in [0.2, 0.25) is 0 Å². The first kappa shape index (κ1) is 11.5. The molecule has 0 aliphatic rings. The molecular weight excluding hydrogens is 234 g/mol. The van der Waals surface area contributed by atoms with Crippen LogP contribution < -0.4 is 5.73 Å². The fourth-order valence-electron chi connectivity index (χ4n) is 2.13. The minimum atomic E-state index is 0.759. The van der Waals surface area contributed by atoms with Gasteiger partial charge in [0, 0.05) is 17.4 Å². The number of rotatable bonds is 2. The lowest BCUT2D eigenvalue weighted by atomic mass is 10.0. The standard InChI is InChI=1S/C16H15N3/c1-12-4-2-3-5-16(12)13-10-18-19(11-13)15-8-6-14(17)7-9-15/h2-11H,17H2,1H3. The highest BCUT2D eigenvalue weighted by Gasteiger charge is 2.05. The minimum absolute atomic E-state index is 0.759. The summed E-state index contributed by atoms with van der Waals surface area (Å²) in [6, 6.07) is 16.0. The molecule has 19 heavy (non-hydrogen) atoms. The van der Waals surface area contributed by atoms with Crippen molar-refractivity contribution < 1.29 is 0 Å². The van der Waals surface area contributed by atoms with Gasteiger partial charge in [-0.1, -0.05) is 24.3 Å². The molecule has 0 spiro atoms. The van der Waals surface area contributed by atoms with E-state index in [9.17, 15) is 0 Å². The average Bonchev–Trinajstić information content (AvgIpc) is 2.89. The van der Waals surface area contributed by atoms with Gasteiger partial charge in [-0.05, 0) is 42.3 Å². The van der Waals surface area contributed by atoms with Gasteiger partial charge in [0.2, 0.25) is 0 Å². The van der Waals surface area contributed by atoms with Crippen molar-refractivity contribution in [2.45, 2.75) is 6.92 Å². The smallest absolute Gasteiger partial charge is 0.0647 e. The molecule has 0 atom stereocenters. The number of aromatic nitrogens is 2. The fourth-order valence-corrected chi connectivity index (χ4v) is 2.13. The second kappa shape index (κ2) is 4.61. The highest BCUT2D eigenvalue weighted by atomic mass is 15.3. The number of nitrogens with zero attached hydrogens (tertiary/aromatic N) is 2. The largest absolute Gasteiger partial charge is 0.399 e. The van der Waals surface area contributed by atoms with Gasteiger partial charge in [-0.25, -0.2) is 4.68 Å². The highest BCUT2D eigenvalue weighted by Crippen LogP contribution is 2.23. The molecular formula is C16H15N3. The molecule has 0 aliphatic heterocycles. The Balaban J connectivity index is 2.00.